The molecular weight excluding hydrogens is 386 g/mol. The molecule has 0 aliphatic rings. The van der Waals surface area contributed by atoms with Crippen LogP contribution in [0.4, 0.5) is 0 Å². The Hall–Kier alpha value is -3.61. The van der Waals surface area contributed by atoms with Gasteiger partial charge in [-0.15, -0.1) is 0 Å². The van der Waals surface area contributed by atoms with Gasteiger partial charge in [-0.2, -0.15) is 0 Å². The fourth-order valence-electron chi connectivity index (χ4n) is 3.11. The van der Waals surface area contributed by atoms with Crippen LogP contribution in [-0.4, -0.2) is 29.1 Å². The Morgan fingerprint density at radius 3 is 2.37 bits per heavy atom. The Labute approximate surface area is 173 Å². The fourth-order valence-corrected chi connectivity index (χ4v) is 3.11. The molecule has 3 aromatic rings. The minimum Gasteiger partial charge on any atom is -0.481 e. The predicted molar refractivity (Wildman–Crippen MR) is 112 cm³/mol. The number of carbonyl (C=O) groups is 2. The number of amides is 1. The number of carboxylic acid groups (broad SMARTS) is 1. The average Bonchev–Trinajstić information content (AvgIpc) is 2.71. The van der Waals surface area contributed by atoms with Gasteiger partial charge in [0.05, 0.1) is 0 Å². The van der Waals surface area contributed by atoms with Crippen molar-refractivity contribution in [1.82, 2.24) is 5.32 Å². The Bertz CT molecular complexity index is 1120. The van der Waals surface area contributed by atoms with Crippen molar-refractivity contribution in [2.45, 2.75) is 32.9 Å². The standard InChI is InChI=1S/C23H23NO6/c1-13(2)21(23(27)28)24-22(26)14(3)29-16-9-10-17-18(15-7-5-4-6-8-15)12-20(25)30-19(17)11-16/h4-14,21H,1-3H3,(H,24,26)(H,27,28). The molecule has 2 unspecified atom stereocenters. The number of ether oxygens (including phenoxy) is 1. The molecule has 0 saturated heterocycles. The largest absolute Gasteiger partial charge is 0.481 e. The number of nitrogens with one attached hydrogen (secondary N) is 1. The van der Waals surface area contributed by atoms with Crippen LogP contribution in [0.1, 0.15) is 20.8 Å². The van der Waals surface area contributed by atoms with Gasteiger partial charge in [0.25, 0.3) is 5.91 Å². The van der Waals surface area contributed by atoms with E-state index in [2.05, 4.69) is 5.32 Å². The number of carboxylic acids is 1. The van der Waals surface area contributed by atoms with Crippen LogP contribution in [0.15, 0.2) is 63.8 Å². The van der Waals surface area contributed by atoms with Gasteiger partial charge in [0, 0.05) is 17.5 Å². The predicted octanol–water partition coefficient (Wildman–Crippen LogP) is 3.45. The molecule has 0 fully saturated rings. The van der Waals surface area contributed by atoms with Gasteiger partial charge in [-0.05, 0) is 36.1 Å². The van der Waals surface area contributed by atoms with Crippen LogP contribution in [0.2, 0.25) is 0 Å². The van der Waals surface area contributed by atoms with E-state index in [1.165, 1.54) is 13.0 Å². The van der Waals surface area contributed by atoms with Crippen LogP contribution < -0.4 is 15.7 Å². The third-order valence-electron chi connectivity index (χ3n) is 4.71. The molecule has 2 N–H and O–H groups in total. The van der Waals surface area contributed by atoms with Crippen molar-refractivity contribution in [3.05, 3.63) is 65.0 Å². The Morgan fingerprint density at radius 2 is 1.73 bits per heavy atom. The number of rotatable bonds is 7. The van der Waals surface area contributed by atoms with Crippen molar-refractivity contribution < 1.29 is 23.8 Å². The fraction of sp³-hybridized carbons (Fsp3) is 0.261. The molecule has 0 aliphatic carbocycles. The zero-order chi connectivity index (χ0) is 21.8. The van der Waals surface area contributed by atoms with E-state index in [0.717, 1.165) is 16.5 Å². The summed E-state index contributed by atoms with van der Waals surface area (Å²) in [6, 6.07) is 14.9. The maximum absolute atomic E-state index is 12.4. The molecule has 30 heavy (non-hydrogen) atoms. The van der Waals surface area contributed by atoms with Gasteiger partial charge in [0.1, 0.15) is 17.4 Å². The van der Waals surface area contributed by atoms with Crippen molar-refractivity contribution in [1.29, 1.82) is 0 Å². The minimum absolute atomic E-state index is 0.273. The lowest BCUT2D eigenvalue weighted by molar-refractivity contribution is -0.144. The monoisotopic (exact) mass is 409 g/mol. The first-order valence-corrected chi connectivity index (χ1v) is 9.59. The molecule has 2 atom stereocenters. The molecule has 1 amide bonds. The number of hydrogen-bond acceptors (Lipinski definition) is 5. The molecule has 7 nitrogen and oxygen atoms in total. The third-order valence-corrected chi connectivity index (χ3v) is 4.71. The highest BCUT2D eigenvalue weighted by Crippen LogP contribution is 2.29. The molecule has 2 aromatic carbocycles. The second-order valence-electron chi connectivity index (χ2n) is 7.33. The van der Waals surface area contributed by atoms with Gasteiger partial charge in [0.15, 0.2) is 6.10 Å². The number of hydrogen-bond donors (Lipinski definition) is 2. The summed E-state index contributed by atoms with van der Waals surface area (Å²) in [6.45, 7) is 4.94. The number of benzene rings is 2. The Kier molecular flexibility index (Phi) is 6.20. The molecule has 1 aromatic heterocycles. The summed E-state index contributed by atoms with van der Waals surface area (Å²) >= 11 is 0. The topological polar surface area (TPSA) is 106 Å². The van der Waals surface area contributed by atoms with Gasteiger partial charge < -0.3 is 19.6 Å². The zero-order valence-corrected chi connectivity index (χ0v) is 16.9. The molecule has 0 saturated carbocycles. The molecule has 1 heterocycles. The minimum atomic E-state index is -1.11. The van der Waals surface area contributed by atoms with Crippen LogP contribution in [0.25, 0.3) is 22.1 Å². The van der Waals surface area contributed by atoms with E-state index in [0.29, 0.717) is 11.3 Å². The van der Waals surface area contributed by atoms with Crippen LogP contribution in [-0.2, 0) is 9.59 Å². The quantitative estimate of drug-likeness (QED) is 0.579. The molecule has 0 aliphatic heterocycles. The van der Waals surface area contributed by atoms with Crippen LogP contribution in [0.3, 0.4) is 0 Å². The van der Waals surface area contributed by atoms with Gasteiger partial charge in [-0.1, -0.05) is 44.2 Å². The summed E-state index contributed by atoms with van der Waals surface area (Å²) in [5, 5.41) is 12.4. The summed E-state index contributed by atoms with van der Waals surface area (Å²) in [5.41, 5.74) is 1.45. The van der Waals surface area contributed by atoms with Crippen molar-refractivity contribution in [3.8, 4) is 16.9 Å². The summed E-state index contributed by atoms with van der Waals surface area (Å²) < 4.78 is 11.0. The van der Waals surface area contributed by atoms with Gasteiger partial charge in [0.2, 0.25) is 0 Å². The SMILES string of the molecule is CC(Oc1ccc2c(-c3ccccc3)cc(=O)oc2c1)C(=O)NC(C(=O)O)C(C)C. The lowest BCUT2D eigenvalue weighted by Gasteiger charge is -2.21. The van der Waals surface area contributed by atoms with Gasteiger partial charge >= 0.3 is 11.6 Å². The Balaban J connectivity index is 1.85. The third kappa shape index (κ3) is 4.68. The van der Waals surface area contributed by atoms with Crippen molar-refractivity contribution in [3.63, 3.8) is 0 Å². The average molecular weight is 409 g/mol. The molecular formula is C23H23NO6. The summed E-state index contributed by atoms with van der Waals surface area (Å²) in [5.74, 6) is -1.60. The lowest BCUT2D eigenvalue weighted by Crippen LogP contribution is -2.48. The highest BCUT2D eigenvalue weighted by molar-refractivity contribution is 5.94. The zero-order valence-electron chi connectivity index (χ0n) is 16.9. The molecule has 156 valence electrons. The lowest BCUT2D eigenvalue weighted by atomic mass is 10.0. The second kappa shape index (κ2) is 8.82. The molecule has 0 spiro atoms. The summed E-state index contributed by atoms with van der Waals surface area (Å²) in [4.78, 5) is 35.7. The molecule has 0 radical (unpaired) electrons. The summed E-state index contributed by atoms with van der Waals surface area (Å²) in [6.07, 6.45) is -0.938. The van der Waals surface area contributed by atoms with Crippen molar-refractivity contribution in [2.24, 2.45) is 5.92 Å². The van der Waals surface area contributed by atoms with Crippen LogP contribution >= 0.6 is 0 Å². The molecule has 0 bridgehead atoms. The maximum atomic E-state index is 12.4. The molecule has 3 rings (SSSR count). The maximum Gasteiger partial charge on any atom is 0.336 e. The highest BCUT2D eigenvalue weighted by Gasteiger charge is 2.26. The Morgan fingerprint density at radius 1 is 1.03 bits per heavy atom. The first kappa shape index (κ1) is 21.1. The normalized spacial score (nSPS) is 13.1. The van der Waals surface area contributed by atoms with E-state index in [-0.39, 0.29) is 5.92 Å². The molecule has 7 heteroatoms. The van der Waals surface area contributed by atoms with E-state index in [4.69, 9.17) is 9.15 Å². The van der Waals surface area contributed by atoms with E-state index < -0.39 is 29.6 Å². The van der Waals surface area contributed by atoms with E-state index in [1.54, 1.807) is 32.0 Å². The smallest absolute Gasteiger partial charge is 0.336 e. The second-order valence-corrected chi connectivity index (χ2v) is 7.33. The number of aliphatic carboxylic acids is 1. The van der Waals surface area contributed by atoms with Crippen molar-refractivity contribution >= 4 is 22.8 Å². The summed E-state index contributed by atoms with van der Waals surface area (Å²) in [7, 11) is 0. The van der Waals surface area contributed by atoms with Gasteiger partial charge in [-0.25, -0.2) is 9.59 Å². The van der Waals surface area contributed by atoms with Gasteiger partial charge in [-0.3, -0.25) is 4.79 Å². The van der Waals surface area contributed by atoms with E-state index in [9.17, 15) is 19.5 Å². The highest BCUT2D eigenvalue weighted by atomic mass is 16.5. The number of carbonyl (C=O) groups excluding carboxylic acids is 1. The first-order chi connectivity index (χ1) is 14.3. The first-order valence-electron chi connectivity index (χ1n) is 9.59. The van der Waals surface area contributed by atoms with Crippen molar-refractivity contribution in [2.75, 3.05) is 0 Å². The van der Waals surface area contributed by atoms with E-state index >= 15 is 0 Å². The number of fused-ring (bicyclic) bond motifs is 1. The van der Waals surface area contributed by atoms with Crippen LogP contribution in [0.5, 0.6) is 5.75 Å². The van der Waals surface area contributed by atoms with Crippen LogP contribution in [0, 0.1) is 5.92 Å². The van der Waals surface area contributed by atoms with E-state index in [1.807, 2.05) is 30.3 Å².